The summed E-state index contributed by atoms with van der Waals surface area (Å²) < 4.78 is 5.36. The number of aromatic nitrogens is 1. The van der Waals surface area contributed by atoms with Crippen LogP contribution in [0, 0.1) is 0 Å². The molecule has 1 N–H and O–H groups in total. The van der Waals surface area contributed by atoms with Gasteiger partial charge >= 0.3 is 5.97 Å². The van der Waals surface area contributed by atoms with E-state index in [0.717, 1.165) is 10.1 Å². The highest BCUT2D eigenvalue weighted by Crippen LogP contribution is 2.18. The molecule has 0 saturated heterocycles. The van der Waals surface area contributed by atoms with Crippen molar-refractivity contribution in [3.05, 3.63) is 36.0 Å². The third-order valence-electron chi connectivity index (χ3n) is 2.08. The lowest BCUT2D eigenvalue weighted by atomic mass is 10.2. The number of carbonyl (C=O) groups is 1. The van der Waals surface area contributed by atoms with E-state index < -0.39 is 5.97 Å². The number of esters is 1. The Bertz CT molecular complexity index is 487. The van der Waals surface area contributed by atoms with E-state index in [1.807, 2.05) is 12.1 Å². The third kappa shape index (κ3) is 1.12. The van der Waals surface area contributed by atoms with E-state index in [9.17, 15) is 10.0 Å². The van der Waals surface area contributed by atoms with Crippen LogP contribution >= 0.6 is 0 Å². The van der Waals surface area contributed by atoms with Gasteiger partial charge in [0, 0.05) is 5.39 Å². The first-order valence-corrected chi connectivity index (χ1v) is 4.12. The Hall–Kier alpha value is -1.97. The van der Waals surface area contributed by atoms with Gasteiger partial charge in [0.1, 0.15) is 0 Å². The van der Waals surface area contributed by atoms with Crippen molar-refractivity contribution in [3.63, 3.8) is 0 Å². The number of nitrogens with zero attached hydrogens (tertiary/aromatic N) is 1. The van der Waals surface area contributed by atoms with Crippen molar-refractivity contribution in [1.82, 2.24) is 4.73 Å². The van der Waals surface area contributed by atoms with Crippen LogP contribution in [0.3, 0.4) is 0 Å². The number of methoxy groups -OCH3 is 1. The molecule has 0 spiro atoms. The normalized spacial score (nSPS) is 10.4. The zero-order valence-corrected chi connectivity index (χ0v) is 7.60. The topological polar surface area (TPSA) is 51.5 Å². The largest absolute Gasteiger partial charge is 0.464 e. The quantitative estimate of drug-likeness (QED) is 0.551. The smallest absolute Gasteiger partial charge is 0.358 e. The van der Waals surface area contributed by atoms with Gasteiger partial charge in [0.2, 0.25) is 0 Å². The van der Waals surface area contributed by atoms with Gasteiger partial charge in [-0.2, -0.15) is 4.73 Å². The van der Waals surface area contributed by atoms with Gasteiger partial charge in [-0.05, 0) is 12.1 Å². The van der Waals surface area contributed by atoms with Crippen molar-refractivity contribution in [2.24, 2.45) is 0 Å². The average molecular weight is 191 g/mol. The molecule has 0 saturated carbocycles. The standard InChI is InChI=1S/C10H9NO3/c1-14-10(12)9-6-7-4-2-3-5-8(7)11(9)13/h2-6,13H,1H3. The molecule has 0 atom stereocenters. The highest BCUT2D eigenvalue weighted by Gasteiger charge is 2.14. The summed E-state index contributed by atoms with van der Waals surface area (Å²) in [6.07, 6.45) is 0. The Balaban J connectivity index is 2.68. The van der Waals surface area contributed by atoms with E-state index in [2.05, 4.69) is 4.74 Å². The van der Waals surface area contributed by atoms with Gasteiger partial charge in [-0.1, -0.05) is 18.2 Å². The van der Waals surface area contributed by atoms with Gasteiger partial charge in [-0.25, -0.2) is 4.79 Å². The van der Waals surface area contributed by atoms with Crippen LogP contribution in [0.5, 0.6) is 0 Å². The highest BCUT2D eigenvalue weighted by atomic mass is 16.5. The summed E-state index contributed by atoms with van der Waals surface area (Å²) in [5.41, 5.74) is 0.724. The van der Waals surface area contributed by atoms with Crippen LogP contribution in [-0.4, -0.2) is 23.0 Å². The molecule has 72 valence electrons. The summed E-state index contributed by atoms with van der Waals surface area (Å²) in [6.45, 7) is 0. The minimum absolute atomic E-state index is 0.133. The summed E-state index contributed by atoms with van der Waals surface area (Å²) in [4.78, 5) is 11.2. The SMILES string of the molecule is COC(=O)c1cc2ccccc2n1O. The molecule has 2 rings (SSSR count). The number of carbonyl (C=O) groups excluding carboxylic acids is 1. The number of ether oxygens (including phenoxy) is 1. The lowest BCUT2D eigenvalue weighted by molar-refractivity contribution is 0.0554. The van der Waals surface area contributed by atoms with Crippen molar-refractivity contribution >= 4 is 16.9 Å². The van der Waals surface area contributed by atoms with Gasteiger partial charge in [-0.15, -0.1) is 0 Å². The van der Waals surface area contributed by atoms with Gasteiger partial charge in [0.25, 0.3) is 0 Å². The van der Waals surface area contributed by atoms with Crippen LogP contribution in [0.4, 0.5) is 0 Å². The average Bonchev–Trinajstić information content (AvgIpc) is 2.56. The van der Waals surface area contributed by atoms with Crippen molar-refractivity contribution in [2.45, 2.75) is 0 Å². The second-order valence-electron chi connectivity index (χ2n) is 2.89. The minimum atomic E-state index is -0.552. The predicted octanol–water partition coefficient (Wildman–Crippen LogP) is 1.67. The second-order valence-corrected chi connectivity index (χ2v) is 2.89. The molecule has 0 aliphatic heterocycles. The van der Waals surface area contributed by atoms with Gasteiger partial charge in [-0.3, -0.25) is 0 Å². The Morgan fingerprint density at radius 3 is 2.79 bits per heavy atom. The van der Waals surface area contributed by atoms with Crippen LogP contribution in [0.2, 0.25) is 0 Å². The number of para-hydroxylation sites is 1. The van der Waals surface area contributed by atoms with E-state index in [-0.39, 0.29) is 5.69 Å². The van der Waals surface area contributed by atoms with E-state index in [4.69, 9.17) is 0 Å². The van der Waals surface area contributed by atoms with Gasteiger partial charge in [0.05, 0.1) is 12.6 Å². The molecule has 1 aromatic heterocycles. The fourth-order valence-electron chi connectivity index (χ4n) is 1.39. The van der Waals surface area contributed by atoms with Crippen molar-refractivity contribution in [3.8, 4) is 0 Å². The van der Waals surface area contributed by atoms with Crippen molar-refractivity contribution < 1.29 is 14.7 Å². The maximum atomic E-state index is 11.2. The van der Waals surface area contributed by atoms with Crippen LogP contribution in [-0.2, 0) is 4.74 Å². The maximum absolute atomic E-state index is 11.2. The van der Waals surface area contributed by atoms with Gasteiger partial charge < -0.3 is 9.94 Å². The first-order valence-electron chi connectivity index (χ1n) is 4.12. The van der Waals surface area contributed by atoms with Gasteiger partial charge in [0.15, 0.2) is 5.69 Å². The van der Waals surface area contributed by atoms with Crippen LogP contribution in [0.1, 0.15) is 10.5 Å². The number of rotatable bonds is 1. The molecule has 14 heavy (non-hydrogen) atoms. The third-order valence-corrected chi connectivity index (χ3v) is 2.08. The zero-order chi connectivity index (χ0) is 10.1. The van der Waals surface area contributed by atoms with Crippen molar-refractivity contribution in [2.75, 3.05) is 7.11 Å². The first kappa shape index (κ1) is 8.62. The molecule has 0 aliphatic rings. The molecule has 0 amide bonds. The maximum Gasteiger partial charge on any atom is 0.358 e. The summed E-state index contributed by atoms with van der Waals surface area (Å²) in [6, 6.07) is 8.75. The molecular formula is C10H9NO3. The van der Waals surface area contributed by atoms with E-state index in [1.165, 1.54) is 7.11 Å². The molecular weight excluding hydrogens is 182 g/mol. The predicted molar refractivity (Wildman–Crippen MR) is 50.5 cm³/mol. The summed E-state index contributed by atoms with van der Waals surface area (Å²) in [7, 11) is 1.28. The summed E-state index contributed by atoms with van der Waals surface area (Å²) >= 11 is 0. The molecule has 0 radical (unpaired) electrons. The Morgan fingerprint density at radius 2 is 2.14 bits per heavy atom. The Labute approximate surface area is 80.3 Å². The summed E-state index contributed by atoms with van der Waals surface area (Å²) in [5.74, 6) is -0.552. The van der Waals surface area contributed by atoms with Crippen molar-refractivity contribution in [1.29, 1.82) is 0 Å². The monoisotopic (exact) mass is 191 g/mol. The molecule has 1 heterocycles. The molecule has 0 bridgehead atoms. The lowest BCUT2D eigenvalue weighted by Crippen LogP contribution is -2.07. The molecule has 0 aliphatic carbocycles. The Morgan fingerprint density at radius 1 is 1.43 bits per heavy atom. The molecule has 4 nitrogen and oxygen atoms in total. The lowest BCUT2D eigenvalue weighted by Gasteiger charge is -1.99. The molecule has 0 unspecified atom stereocenters. The number of fused-ring (bicyclic) bond motifs is 1. The Kier molecular flexibility index (Phi) is 1.89. The fraction of sp³-hybridized carbons (Fsp3) is 0.100. The number of benzene rings is 1. The van der Waals surface area contributed by atoms with E-state index in [1.54, 1.807) is 18.2 Å². The molecule has 4 heteroatoms. The molecule has 1 aromatic carbocycles. The van der Waals surface area contributed by atoms with E-state index in [0.29, 0.717) is 5.52 Å². The molecule has 0 fully saturated rings. The summed E-state index contributed by atoms with van der Waals surface area (Å²) in [5, 5.41) is 10.4. The number of hydrogen-bond donors (Lipinski definition) is 1. The van der Waals surface area contributed by atoms with Crippen LogP contribution in [0.25, 0.3) is 10.9 Å². The van der Waals surface area contributed by atoms with E-state index >= 15 is 0 Å². The first-order chi connectivity index (χ1) is 6.74. The molecule has 2 aromatic rings. The fourth-order valence-corrected chi connectivity index (χ4v) is 1.39. The van der Waals surface area contributed by atoms with Crippen LogP contribution in [0.15, 0.2) is 30.3 Å². The minimum Gasteiger partial charge on any atom is -0.464 e. The van der Waals surface area contributed by atoms with Crippen LogP contribution < -0.4 is 0 Å². The second kappa shape index (κ2) is 3.06. The number of hydrogen-bond acceptors (Lipinski definition) is 3. The highest BCUT2D eigenvalue weighted by molar-refractivity contribution is 5.95. The zero-order valence-electron chi connectivity index (χ0n) is 7.60.